The van der Waals surface area contributed by atoms with Crippen molar-refractivity contribution < 1.29 is 19.1 Å². The lowest BCUT2D eigenvalue weighted by Gasteiger charge is -2.04. The standard InChI is InChI=1S/C19H15FN2O3S/c1-11-16(26-18(22-11)14-3-2-4-15(20)9-14)17(23)21-10-12-5-7-13(8-6-12)19(24)25/h2-9H,10H2,1H3,(H,21,23)(H,24,25). The highest BCUT2D eigenvalue weighted by atomic mass is 32.1. The van der Waals surface area contributed by atoms with Gasteiger partial charge in [0.2, 0.25) is 0 Å². The van der Waals surface area contributed by atoms with Gasteiger partial charge in [-0.3, -0.25) is 4.79 Å². The van der Waals surface area contributed by atoms with Crippen LogP contribution in [-0.4, -0.2) is 22.0 Å². The minimum absolute atomic E-state index is 0.193. The number of carbonyl (C=O) groups excluding carboxylic acids is 1. The molecule has 0 aliphatic carbocycles. The summed E-state index contributed by atoms with van der Waals surface area (Å²) in [6.07, 6.45) is 0. The highest BCUT2D eigenvalue weighted by molar-refractivity contribution is 7.17. The first-order chi connectivity index (χ1) is 12.4. The van der Waals surface area contributed by atoms with Crippen LogP contribution in [0, 0.1) is 12.7 Å². The number of rotatable bonds is 5. The number of hydrogen-bond acceptors (Lipinski definition) is 4. The summed E-state index contributed by atoms with van der Waals surface area (Å²) in [6.45, 7) is 2.00. The molecule has 0 fully saturated rings. The van der Waals surface area contributed by atoms with Gasteiger partial charge in [0.05, 0.1) is 11.3 Å². The topological polar surface area (TPSA) is 79.3 Å². The fourth-order valence-corrected chi connectivity index (χ4v) is 3.36. The largest absolute Gasteiger partial charge is 0.478 e. The zero-order valence-corrected chi connectivity index (χ0v) is 14.6. The summed E-state index contributed by atoms with van der Waals surface area (Å²) >= 11 is 1.20. The molecule has 2 aromatic carbocycles. The van der Waals surface area contributed by atoms with Gasteiger partial charge < -0.3 is 10.4 Å². The first-order valence-electron chi connectivity index (χ1n) is 7.78. The second-order valence-corrected chi connectivity index (χ2v) is 6.63. The molecule has 7 heteroatoms. The SMILES string of the molecule is Cc1nc(-c2cccc(F)c2)sc1C(=O)NCc1ccc(C(=O)O)cc1. The summed E-state index contributed by atoms with van der Waals surface area (Å²) in [5, 5.41) is 12.3. The van der Waals surface area contributed by atoms with Crippen molar-refractivity contribution in [3.05, 3.63) is 76.0 Å². The lowest BCUT2D eigenvalue weighted by Crippen LogP contribution is -2.22. The van der Waals surface area contributed by atoms with Crippen molar-refractivity contribution in [2.45, 2.75) is 13.5 Å². The number of amides is 1. The number of carboxylic acid groups (broad SMARTS) is 1. The molecule has 3 rings (SSSR count). The quantitative estimate of drug-likeness (QED) is 0.714. The van der Waals surface area contributed by atoms with E-state index in [1.54, 1.807) is 31.2 Å². The molecule has 1 amide bonds. The van der Waals surface area contributed by atoms with Crippen molar-refractivity contribution >= 4 is 23.2 Å². The monoisotopic (exact) mass is 370 g/mol. The molecule has 0 saturated heterocycles. The molecular formula is C19H15FN2O3S. The van der Waals surface area contributed by atoms with E-state index in [-0.39, 0.29) is 23.8 Å². The Bertz CT molecular complexity index is 967. The van der Waals surface area contributed by atoms with E-state index in [1.807, 2.05) is 0 Å². The zero-order chi connectivity index (χ0) is 18.7. The lowest BCUT2D eigenvalue weighted by atomic mass is 10.1. The Morgan fingerprint density at radius 3 is 2.58 bits per heavy atom. The molecule has 2 N–H and O–H groups in total. The second-order valence-electron chi connectivity index (χ2n) is 5.63. The van der Waals surface area contributed by atoms with Gasteiger partial charge in [0.15, 0.2) is 0 Å². The Kier molecular flexibility index (Phi) is 5.09. The van der Waals surface area contributed by atoms with E-state index in [4.69, 9.17) is 5.11 Å². The number of carbonyl (C=O) groups is 2. The maximum Gasteiger partial charge on any atom is 0.335 e. The molecule has 3 aromatic rings. The minimum atomic E-state index is -0.995. The van der Waals surface area contributed by atoms with Gasteiger partial charge in [0.25, 0.3) is 5.91 Å². The molecule has 132 valence electrons. The smallest absolute Gasteiger partial charge is 0.335 e. The molecule has 26 heavy (non-hydrogen) atoms. The number of benzene rings is 2. The van der Waals surface area contributed by atoms with Gasteiger partial charge in [-0.25, -0.2) is 14.2 Å². The Balaban J connectivity index is 1.71. The third-order valence-corrected chi connectivity index (χ3v) is 4.93. The van der Waals surface area contributed by atoms with Gasteiger partial charge in [0, 0.05) is 12.1 Å². The molecule has 0 bridgehead atoms. The number of carboxylic acids is 1. The van der Waals surface area contributed by atoms with Crippen LogP contribution in [0.1, 0.15) is 31.3 Å². The van der Waals surface area contributed by atoms with Crippen LogP contribution >= 0.6 is 11.3 Å². The van der Waals surface area contributed by atoms with E-state index in [0.29, 0.717) is 21.1 Å². The van der Waals surface area contributed by atoms with Crippen LogP contribution in [0.25, 0.3) is 10.6 Å². The van der Waals surface area contributed by atoms with Gasteiger partial charge in [0.1, 0.15) is 15.7 Å². The molecular weight excluding hydrogens is 355 g/mol. The first-order valence-corrected chi connectivity index (χ1v) is 8.59. The Labute approximate surface area is 153 Å². The minimum Gasteiger partial charge on any atom is -0.478 e. The van der Waals surface area contributed by atoms with Gasteiger partial charge in [-0.05, 0) is 36.8 Å². The van der Waals surface area contributed by atoms with Crippen molar-refractivity contribution in [1.29, 1.82) is 0 Å². The molecule has 5 nitrogen and oxygen atoms in total. The van der Waals surface area contributed by atoms with Crippen LogP contribution in [0.2, 0.25) is 0 Å². The first kappa shape index (κ1) is 17.8. The van der Waals surface area contributed by atoms with E-state index in [1.165, 1.54) is 35.6 Å². The summed E-state index contributed by atoms with van der Waals surface area (Å²) < 4.78 is 13.4. The highest BCUT2D eigenvalue weighted by Gasteiger charge is 2.16. The number of aryl methyl sites for hydroxylation is 1. The number of nitrogens with one attached hydrogen (secondary N) is 1. The predicted octanol–water partition coefficient (Wildman–Crippen LogP) is 3.89. The Hall–Kier alpha value is -3.06. The number of halogens is 1. The van der Waals surface area contributed by atoms with Gasteiger partial charge >= 0.3 is 5.97 Å². The average molecular weight is 370 g/mol. The summed E-state index contributed by atoms with van der Waals surface area (Å²) in [4.78, 5) is 28.1. The molecule has 1 aromatic heterocycles. The molecule has 0 unspecified atom stereocenters. The molecule has 0 aliphatic heterocycles. The van der Waals surface area contributed by atoms with Crippen LogP contribution in [0.3, 0.4) is 0 Å². The third kappa shape index (κ3) is 3.94. The second kappa shape index (κ2) is 7.45. The molecule has 1 heterocycles. The van der Waals surface area contributed by atoms with Crippen LogP contribution in [-0.2, 0) is 6.54 Å². The van der Waals surface area contributed by atoms with E-state index in [9.17, 15) is 14.0 Å². The Morgan fingerprint density at radius 1 is 1.19 bits per heavy atom. The maximum absolute atomic E-state index is 13.4. The molecule has 0 saturated carbocycles. The van der Waals surface area contributed by atoms with E-state index >= 15 is 0 Å². The molecule has 0 atom stereocenters. The normalized spacial score (nSPS) is 10.5. The van der Waals surface area contributed by atoms with E-state index in [2.05, 4.69) is 10.3 Å². The van der Waals surface area contributed by atoms with Crippen molar-refractivity contribution in [3.63, 3.8) is 0 Å². The molecule has 0 radical (unpaired) electrons. The molecule has 0 spiro atoms. The summed E-state index contributed by atoms with van der Waals surface area (Å²) in [5.74, 6) is -1.62. The fraction of sp³-hybridized carbons (Fsp3) is 0.105. The Morgan fingerprint density at radius 2 is 1.92 bits per heavy atom. The zero-order valence-electron chi connectivity index (χ0n) is 13.8. The average Bonchev–Trinajstić information content (AvgIpc) is 3.02. The van der Waals surface area contributed by atoms with Crippen LogP contribution in [0.4, 0.5) is 4.39 Å². The van der Waals surface area contributed by atoms with Crippen molar-refractivity contribution in [3.8, 4) is 10.6 Å². The number of aromatic carboxylic acids is 1. The number of hydrogen-bond donors (Lipinski definition) is 2. The van der Waals surface area contributed by atoms with Crippen molar-refractivity contribution in [2.75, 3.05) is 0 Å². The van der Waals surface area contributed by atoms with Gasteiger partial charge in [-0.2, -0.15) is 0 Å². The van der Waals surface area contributed by atoms with Crippen LogP contribution in [0.15, 0.2) is 48.5 Å². The number of nitrogens with zero attached hydrogens (tertiary/aromatic N) is 1. The number of aromatic nitrogens is 1. The lowest BCUT2D eigenvalue weighted by molar-refractivity contribution is 0.0696. The summed E-state index contributed by atoms with van der Waals surface area (Å²) in [6, 6.07) is 12.4. The summed E-state index contributed by atoms with van der Waals surface area (Å²) in [5.41, 5.74) is 2.18. The van der Waals surface area contributed by atoms with Crippen LogP contribution < -0.4 is 5.32 Å². The van der Waals surface area contributed by atoms with Gasteiger partial charge in [-0.1, -0.05) is 24.3 Å². The van der Waals surface area contributed by atoms with E-state index in [0.717, 1.165) is 5.56 Å². The van der Waals surface area contributed by atoms with E-state index < -0.39 is 5.97 Å². The third-order valence-electron chi connectivity index (χ3n) is 3.73. The van der Waals surface area contributed by atoms with Crippen molar-refractivity contribution in [1.82, 2.24) is 10.3 Å². The highest BCUT2D eigenvalue weighted by Crippen LogP contribution is 2.28. The van der Waals surface area contributed by atoms with Gasteiger partial charge in [-0.15, -0.1) is 11.3 Å². The van der Waals surface area contributed by atoms with Crippen LogP contribution in [0.5, 0.6) is 0 Å². The number of thiazole rings is 1. The fourth-order valence-electron chi connectivity index (χ4n) is 2.38. The maximum atomic E-state index is 13.4. The predicted molar refractivity (Wildman–Crippen MR) is 96.8 cm³/mol. The summed E-state index contributed by atoms with van der Waals surface area (Å²) in [7, 11) is 0. The van der Waals surface area contributed by atoms with Crippen molar-refractivity contribution in [2.24, 2.45) is 0 Å². The molecule has 0 aliphatic rings.